The molecule has 1 heterocycles. The van der Waals surface area contributed by atoms with Gasteiger partial charge in [-0.05, 0) is 36.8 Å². The Bertz CT molecular complexity index is 998. The van der Waals surface area contributed by atoms with E-state index in [9.17, 15) is 14.0 Å². The van der Waals surface area contributed by atoms with Gasteiger partial charge in [0.2, 0.25) is 0 Å². The molecule has 26 heavy (non-hydrogen) atoms. The number of hydrogen-bond donors (Lipinski definition) is 1. The Hall–Kier alpha value is -3.41. The highest BCUT2D eigenvalue weighted by Gasteiger charge is 2.14. The Kier molecular flexibility index (Phi) is 5.12. The second-order valence-electron chi connectivity index (χ2n) is 5.75. The molecule has 0 saturated carbocycles. The van der Waals surface area contributed by atoms with Crippen molar-refractivity contribution in [1.29, 1.82) is 0 Å². The number of carbonyl (C=O) groups is 1. The summed E-state index contributed by atoms with van der Waals surface area (Å²) >= 11 is 0. The number of hydrogen-bond acceptors (Lipinski definition) is 3. The van der Waals surface area contributed by atoms with Crippen molar-refractivity contribution >= 4 is 11.6 Å². The normalized spacial score (nSPS) is 10.4. The molecule has 0 saturated heterocycles. The summed E-state index contributed by atoms with van der Waals surface area (Å²) in [7, 11) is 0. The zero-order valence-electron chi connectivity index (χ0n) is 14.1. The fourth-order valence-electron chi connectivity index (χ4n) is 2.45. The highest BCUT2D eigenvalue weighted by atomic mass is 19.1. The average molecular weight is 352 g/mol. The number of benzene rings is 2. The lowest BCUT2D eigenvalue weighted by molar-refractivity contribution is 0.0863. The number of aromatic nitrogens is 1. The number of nitrogens with one attached hydrogen (secondary N) is 1. The molecule has 1 N–H and O–H groups in total. The lowest BCUT2D eigenvalue weighted by Gasteiger charge is -2.11. The van der Waals surface area contributed by atoms with E-state index in [4.69, 9.17) is 4.84 Å². The average Bonchev–Trinajstić information content (AvgIpc) is 2.63. The van der Waals surface area contributed by atoms with Crippen LogP contribution in [0.3, 0.4) is 0 Å². The number of carbonyl (C=O) groups excluding carboxylic acids is 1. The van der Waals surface area contributed by atoms with Gasteiger partial charge in [0.1, 0.15) is 18.0 Å². The van der Waals surface area contributed by atoms with Crippen LogP contribution in [0.2, 0.25) is 0 Å². The van der Waals surface area contributed by atoms with Gasteiger partial charge < -0.3 is 10.2 Å². The summed E-state index contributed by atoms with van der Waals surface area (Å²) in [6.07, 6.45) is 1.43. The highest BCUT2D eigenvalue weighted by molar-refractivity contribution is 6.04. The Labute approximate surface area is 149 Å². The summed E-state index contributed by atoms with van der Waals surface area (Å²) < 4.78 is 14.7. The number of amides is 1. The number of anilines is 1. The van der Waals surface area contributed by atoms with Gasteiger partial charge in [0.25, 0.3) is 11.5 Å². The predicted molar refractivity (Wildman–Crippen MR) is 96.5 cm³/mol. The van der Waals surface area contributed by atoms with Gasteiger partial charge >= 0.3 is 0 Å². The molecule has 0 fully saturated rings. The van der Waals surface area contributed by atoms with E-state index in [1.807, 2.05) is 31.2 Å². The third kappa shape index (κ3) is 3.97. The minimum absolute atomic E-state index is 0.00739. The minimum Gasteiger partial charge on any atom is -0.406 e. The summed E-state index contributed by atoms with van der Waals surface area (Å²) in [4.78, 5) is 30.3. The standard InChI is InChI=1S/C20H17FN2O3/c1-14-6-4-7-15(12-14)13-26-23-11-5-8-16(20(23)25)19(24)22-18-10-3-2-9-17(18)21/h2-12H,13H2,1H3,(H,22,24). The Balaban J connectivity index is 1.77. The molecule has 3 rings (SSSR count). The van der Waals surface area contributed by atoms with Gasteiger partial charge in [-0.1, -0.05) is 42.0 Å². The SMILES string of the molecule is Cc1cccc(COn2cccc(C(=O)Nc3ccccc3F)c2=O)c1. The van der Waals surface area contributed by atoms with Gasteiger partial charge in [-0.2, -0.15) is 4.73 Å². The fourth-order valence-corrected chi connectivity index (χ4v) is 2.45. The topological polar surface area (TPSA) is 60.3 Å². The maximum Gasteiger partial charge on any atom is 0.295 e. The molecule has 0 aliphatic carbocycles. The quantitative estimate of drug-likeness (QED) is 0.767. The third-order valence-electron chi connectivity index (χ3n) is 3.73. The molecule has 0 aliphatic rings. The van der Waals surface area contributed by atoms with E-state index in [0.29, 0.717) is 0 Å². The summed E-state index contributed by atoms with van der Waals surface area (Å²) in [5, 5.41) is 2.39. The Morgan fingerprint density at radius 1 is 1.12 bits per heavy atom. The van der Waals surface area contributed by atoms with E-state index in [0.717, 1.165) is 15.9 Å². The van der Waals surface area contributed by atoms with Crippen LogP contribution < -0.4 is 15.7 Å². The maximum atomic E-state index is 13.7. The smallest absolute Gasteiger partial charge is 0.295 e. The zero-order chi connectivity index (χ0) is 18.5. The minimum atomic E-state index is -0.700. The number of aryl methyl sites for hydroxylation is 1. The van der Waals surface area contributed by atoms with Gasteiger partial charge in [-0.25, -0.2) is 4.39 Å². The lowest BCUT2D eigenvalue weighted by Crippen LogP contribution is -2.32. The molecule has 3 aromatic rings. The van der Waals surface area contributed by atoms with Crippen LogP contribution in [0.1, 0.15) is 21.5 Å². The summed E-state index contributed by atoms with van der Waals surface area (Å²) in [6, 6.07) is 16.3. The van der Waals surface area contributed by atoms with E-state index in [2.05, 4.69) is 5.32 Å². The van der Waals surface area contributed by atoms with E-state index in [1.165, 1.54) is 36.5 Å². The van der Waals surface area contributed by atoms with Crippen molar-refractivity contribution in [3.05, 3.63) is 99.7 Å². The van der Waals surface area contributed by atoms with Gasteiger partial charge in [0.05, 0.1) is 5.69 Å². The second kappa shape index (κ2) is 7.65. The van der Waals surface area contributed by atoms with Crippen molar-refractivity contribution in [3.8, 4) is 0 Å². The van der Waals surface area contributed by atoms with Crippen molar-refractivity contribution in [3.63, 3.8) is 0 Å². The molecule has 0 unspecified atom stereocenters. The first kappa shape index (κ1) is 17.4. The van der Waals surface area contributed by atoms with Crippen LogP contribution in [0.5, 0.6) is 0 Å². The second-order valence-corrected chi connectivity index (χ2v) is 5.75. The molecular weight excluding hydrogens is 335 g/mol. The number of rotatable bonds is 5. The maximum absolute atomic E-state index is 13.7. The summed E-state index contributed by atoms with van der Waals surface area (Å²) in [5.41, 5.74) is 1.23. The molecule has 5 nitrogen and oxygen atoms in total. The molecule has 6 heteroatoms. The van der Waals surface area contributed by atoms with Gasteiger partial charge in [0.15, 0.2) is 0 Å². The van der Waals surface area contributed by atoms with Gasteiger partial charge in [-0.15, -0.1) is 0 Å². The molecule has 0 aliphatic heterocycles. The first-order chi connectivity index (χ1) is 12.5. The van der Waals surface area contributed by atoms with Crippen LogP contribution in [0.25, 0.3) is 0 Å². The summed E-state index contributed by atoms with van der Waals surface area (Å²) in [5.74, 6) is -1.28. The highest BCUT2D eigenvalue weighted by Crippen LogP contribution is 2.13. The van der Waals surface area contributed by atoms with Crippen LogP contribution in [0.15, 0.2) is 71.7 Å². The van der Waals surface area contributed by atoms with Crippen LogP contribution in [-0.2, 0) is 6.61 Å². The largest absolute Gasteiger partial charge is 0.406 e. The van der Waals surface area contributed by atoms with Crippen molar-refractivity contribution in [2.24, 2.45) is 0 Å². The molecule has 0 radical (unpaired) electrons. The van der Waals surface area contributed by atoms with Gasteiger partial charge in [0, 0.05) is 6.20 Å². The molecule has 1 aromatic heterocycles. The van der Waals surface area contributed by atoms with E-state index < -0.39 is 17.3 Å². The molecule has 132 valence electrons. The molecule has 1 amide bonds. The monoisotopic (exact) mass is 352 g/mol. The number of nitrogens with zero attached hydrogens (tertiary/aromatic N) is 1. The van der Waals surface area contributed by atoms with Crippen LogP contribution >= 0.6 is 0 Å². The van der Waals surface area contributed by atoms with E-state index >= 15 is 0 Å². The fraction of sp³-hybridized carbons (Fsp3) is 0.100. The van der Waals surface area contributed by atoms with Gasteiger partial charge in [-0.3, -0.25) is 9.59 Å². The van der Waals surface area contributed by atoms with Crippen LogP contribution in [-0.4, -0.2) is 10.6 Å². The number of halogens is 1. The number of para-hydroxylation sites is 1. The van der Waals surface area contributed by atoms with E-state index in [-0.39, 0.29) is 17.9 Å². The zero-order valence-corrected chi connectivity index (χ0v) is 14.1. The van der Waals surface area contributed by atoms with Crippen LogP contribution in [0.4, 0.5) is 10.1 Å². The van der Waals surface area contributed by atoms with E-state index in [1.54, 1.807) is 6.07 Å². The molecule has 0 spiro atoms. The predicted octanol–water partition coefficient (Wildman–Crippen LogP) is 3.18. The van der Waals surface area contributed by atoms with Crippen molar-refractivity contribution in [2.45, 2.75) is 13.5 Å². The molecule has 2 aromatic carbocycles. The molecule has 0 bridgehead atoms. The molecule has 0 atom stereocenters. The molecular formula is C20H17FN2O3. The number of pyridine rings is 1. The summed E-state index contributed by atoms with van der Waals surface area (Å²) in [6.45, 7) is 2.14. The first-order valence-corrected chi connectivity index (χ1v) is 8.01. The van der Waals surface area contributed by atoms with Crippen molar-refractivity contribution in [1.82, 2.24) is 4.73 Å². The first-order valence-electron chi connectivity index (χ1n) is 8.01. The van der Waals surface area contributed by atoms with Crippen molar-refractivity contribution < 1.29 is 14.0 Å². The lowest BCUT2D eigenvalue weighted by atomic mass is 10.1. The Morgan fingerprint density at radius 2 is 1.92 bits per heavy atom. The third-order valence-corrected chi connectivity index (χ3v) is 3.73. The Morgan fingerprint density at radius 3 is 2.69 bits per heavy atom. The van der Waals surface area contributed by atoms with Crippen molar-refractivity contribution in [2.75, 3.05) is 5.32 Å². The van der Waals surface area contributed by atoms with Crippen LogP contribution in [0, 0.1) is 12.7 Å².